The summed E-state index contributed by atoms with van der Waals surface area (Å²) in [5, 5.41) is 9.39. The molecule has 1 heterocycles. The number of rotatable bonds is 6. The van der Waals surface area contributed by atoms with E-state index in [4.69, 9.17) is 4.74 Å². The first-order chi connectivity index (χ1) is 10.7. The Labute approximate surface area is 132 Å². The van der Waals surface area contributed by atoms with Crippen molar-refractivity contribution in [1.82, 2.24) is 9.80 Å². The van der Waals surface area contributed by atoms with Gasteiger partial charge in [-0.25, -0.2) is 0 Å². The van der Waals surface area contributed by atoms with Gasteiger partial charge in [-0.05, 0) is 18.1 Å². The zero-order valence-corrected chi connectivity index (χ0v) is 13.5. The molecule has 0 saturated carbocycles. The van der Waals surface area contributed by atoms with Crippen LogP contribution in [-0.4, -0.2) is 66.8 Å². The number of ether oxygens (including phenoxy) is 1. The molecule has 1 amide bonds. The summed E-state index contributed by atoms with van der Waals surface area (Å²) < 4.78 is 5.18. The maximum atomic E-state index is 12.7. The Morgan fingerprint density at radius 1 is 1.27 bits per heavy atom. The van der Waals surface area contributed by atoms with Gasteiger partial charge in [-0.1, -0.05) is 25.1 Å². The number of hydrogen-bond donors (Lipinski definition) is 1. The van der Waals surface area contributed by atoms with E-state index in [0.717, 1.165) is 30.6 Å². The molecule has 1 aromatic carbocycles. The number of aliphatic hydroxyl groups excluding tert-OH is 1. The van der Waals surface area contributed by atoms with Gasteiger partial charge < -0.3 is 14.7 Å². The molecule has 22 heavy (non-hydrogen) atoms. The predicted molar refractivity (Wildman–Crippen MR) is 85.8 cm³/mol. The Bertz CT molecular complexity index is 481. The molecule has 1 aromatic rings. The fourth-order valence-corrected chi connectivity index (χ4v) is 2.97. The van der Waals surface area contributed by atoms with E-state index in [0.29, 0.717) is 19.7 Å². The third kappa shape index (κ3) is 3.85. The van der Waals surface area contributed by atoms with Gasteiger partial charge in [-0.15, -0.1) is 0 Å². The Morgan fingerprint density at radius 3 is 2.55 bits per heavy atom. The van der Waals surface area contributed by atoms with Crippen molar-refractivity contribution in [3.8, 4) is 0 Å². The molecule has 5 nitrogen and oxygen atoms in total. The third-order valence-electron chi connectivity index (χ3n) is 4.35. The molecule has 1 atom stereocenters. The van der Waals surface area contributed by atoms with E-state index in [1.807, 2.05) is 29.2 Å². The van der Waals surface area contributed by atoms with Gasteiger partial charge in [-0.3, -0.25) is 9.69 Å². The lowest BCUT2D eigenvalue weighted by molar-refractivity contribution is 0.0469. The van der Waals surface area contributed by atoms with Crippen molar-refractivity contribution in [3.63, 3.8) is 0 Å². The first kappa shape index (κ1) is 16.9. The molecule has 1 unspecified atom stereocenters. The van der Waals surface area contributed by atoms with Crippen molar-refractivity contribution in [3.05, 3.63) is 35.4 Å². The molecule has 0 spiro atoms. The molecule has 1 saturated heterocycles. The lowest BCUT2D eigenvalue weighted by atomic mass is 10.1. The summed E-state index contributed by atoms with van der Waals surface area (Å²) in [5.74, 6) is 0.0735. The van der Waals surface area contributed by atoms with Gasteiger partial charge in [-0.2, -0.15) is 0 Å². The monoisotopic (exact) mass is 306 g/mol. The van der Waals surface area contributed by atoms with Gasteiger partial charge >= 0.3 is 0 Å². The van der Waals surface area contributed by atoms with Crippen LogP contribution in [-0.2, 0) is 11.3 Å². The molecule has 0 bridgehead atoms. The number of piperazine rings is 1. The quantitative estimate of drug-likeness (QED) is 0.862. The topological polar surface area (TPSA) is 53.0 Å². The maximum Gasteiger partial charge on any atom is 0.254 e. The van der Waals surface area contributed by atoms with Crippen LogP contribution >= 0.6 is 0 Å². The standard InChI is InChI=1S/C17H26N2O3/c1-3-15(12-20)18-8-10-19(11-9-18)17(21)16-7-5-4-6-14(16)13-22-2/h4-7,15,20H,3,8-13H2,1-2H3. The molecule has 0 radical (unpaired) electrons. The fourth-order valence-electron chi connectivity index (χ4n) is 2.97. The summed E-state index contributed by atoms with van der Waals surface area (Å²) in [4.78, 5) is 16.9. The Kier molecular flexibility index (Phi) is 6.36. The summed E-state index contributed by atoms with van der Waals surface area (Å²) in [6, 6.07) is 7.83. The molecular weight excluding hydrogens is 280 g/mol. The number of carbonyl (C=O) groups excluding carboxylic acids is 1. The zero-order chi connectivity index (χ0) is 15.9. The molecule has 1 aliphatic heterocycles. The van der Waals surface area contributed by atoms with E-state index in [1.165, 1.54) is 0 Å². The van der Waals surface area contributed by atoms with Gasteiger partial charge in [0.15, 0.2) is 0 Å². The lowest BCUT2D eigenvalue weighted by Crippen LogP contribution is -2.52. The molecule has 5 heteroatoms. The minimum absolute atomic E-state index is 0.0735. The molecule has 1 N–H and O–H groups in total. The minimum Gasteiger partial charge on any atom is -0.395 e. The molecule has 1 aliphatic rings. The number of amides is 1. The van der Waals surface area contributed by atoms with Crippen LogP contribution in [0.2, 0.25) is 0 Å². The first-order valence-corrected chi connectivity index (χ1v) is 7.92. The van der Waals surface area contributed by atoms with Crippen LogP contribution in [0.15, 0.2) is 24.3 Å². The van der Waals surface area contributed by atoms with Crippen molar-refractivity contribution in [2.24, 2.45) is 0 Å². The molecular formula is C17H26N2O3. The normalized spacial score (nSPS) is 17.5. The SMILES string of the molecule is CCC(CO)N1CCN(C(=O)c2ccccc2COC)CC1. The van der Waals surface area contributed by atoms with E-state index in [-0.39, 0.29) is 18.6 Å². The molecule has 0 aromatic heterocycles. The zero-order valence-electron chi connectivity index (χ0n) is 13.5. The van der Waals surface area contributed by atoms with E-state index in [9.17, 15) is 9.90 Å². The first-order valence-electron chi connectivity index (χ1n) is 7.92. The number of aliphatic hydroxyl groups is 1. The van der Waals surface area contributed by atoms with Crippen molar-refractivity contribution in [1.29, 1.82) is 0 Å². The average molecular weight is 306 g/mol. The fraction of sp³-hybridized carbons (Fsp3) is 0.588. The van der Waals surface area contributed by atoms with Crippen LogP contribution in [0.25, 0.3) is 0 Å². The smallest absolute Gasteiger partial charge is 0.254 e. The number of methoxy groups -OCH3 is 1. The third-order valence-corrected chi connectivity index (χ3v) is 4.35. The Hall–Kier alpha value is -1.43. The average Bonchev–Trinajstić information content (AvgIpc) is 2.57. The second kappa shape index (κ2) is 8.27. The summed E-state index contributed by atoms with van der Waals surface area (Å²) in [6.45, 7) is 5.76. The van der Waals surface area contributed by atoms with Gasteiger partial charge in [0.25, 0.3) is 5.91 Å². The second-order valence-corrected chi connectivity index (χ2v) is 5.66. The highest BCUT2D eigenvalue weighted by atomic mass is 16.5. The lowest BCUT2D eigenvalue weighted by Gasteiger charge is -2.38. The molecule has 0 aliphatic carbocycles. The van der Waals surface area contributed by atoms with Crippen molar-refractivity contribution >= 4 is 5.91 Å². The van der Waals surface area contributed by atoms with Gasteiger partial charge in [0, 0.05) is 44.9 Å². The van der Waals surface area contributed by atoms with Crippen LogP contribution in [0, 0.1) is 0 Å². The Balaban J connectivity index is 2.01. The van der Waals surface area contributed by atoms with Crippen molar-refractivity contribution in [2.75, 3.05) is 39.9 Å². The number of carbonyl (C=O) groups is 1. The van der Waals surface area contributed by atoms with Gasteiger partial charge in [0.2, 0.25) is 0 Å². The van der Waals surface area contributed by atoms with Crippen LogP contribution in [0.4, 0.5) is 0 Å². The van der Waals surface area contributed by atoms with E-state index >= 15 is 0 Å². The van der Waals surface area contributed by atoms with Crippen LogP contribution < -0.4 is 0 Å². The molecule has 2 rings (SSSR count). The van der Waals surface area contributed by atoms with Crippen LogP contribution in [0.5, 0.6) is 0 Å². The summed E-state index contributed by atoms with van der Waals surface area (Å²) in [7, 11) is 1.64. The number of nitrogens with zero attached hydrogens (tertiary/aromatic N) is 2. The Morgan fingerprint density at radius 2 is 1.95 bits per heavy atom. The summed E-state index contributed by atoms with van der Waals surface area (Å²) >= 11 is 0. The molecule has 1 fully saturated rings. The van der Waals surface area contributed by atoms with Crippen molar-refractivity contribution < 1.29 is 14.6 Å². The van der Waals surface area contributed by atoms with Crippen LogP contribution in [0.3, 0.4) is 0 Å². The number of hydrogen-bond acceptors (Lipinski definition) is 4. The highest BCUT2D eigenvalue weighted by Gasteiger charge is 2.26. The van der Waals surface area contributed by atoms with Crippen LogP contribution in [0.1, 0.15) is 29.3 Å². The van der Waals surface area contributed by atoms with Gasteiger partial charge in [0.05, 0.1) is 13.2 Å². The molecule has 122 valence electrons. The minimum atomic E-state index is 0.0735. The highest BCUT2D eigenvalue weighted by Crippen LogP contribution is 2.16. The second-order valence-electron chi connectivity index (χ2n) is 5.66. The van der Waals surface area contributed by atoms with Crippen molar-refractivity contribution in [2.45, 2.75) is 26.0 Å². The maximum absolute atomic E-state index is 12.7. The van der Waals surface area contributed by atoms with E-state index in [2.05, 4.69) is 11.8 Å². The number of benzene rings is 1. The van der Waals surface area contributed by atoms with Gasteiger partial charge in [0.1, 0.15) is 0 Å². The predicted octanol–water partition coefficient (Wildman–Crippen LogP) is 1.36. The largest absolute Gasteiger partial charge is 0.395 e. The summed E-state index contributed by atoms with van der Waals surface area (Å²) in [6.07, 6.45) is 0.932. The van der Waals surface area contributed by atoms with E-state index in [1.54, 1.807) is 7.11 Å². The van der Waals surface area contributed by atoms with E-state index < -0.39 is 0 Å². The summed E-state index contributed by atoms with van der Waals surface area (Å²) in [5.41, 5.74) is 1.66. The highest BCUT2D eigenvalue weighted by molar-refractivity contribution is 5.95.